The summed E-state index contributed by atoms with van der Waals surface area (Å²) in [7, 11) is 0. The summed E-state index contributed by atoms with van der Waals surface area (Å²) in [6, 6.07) is 10.5. The van der Waals surface area contributed by atoms with Gasteiger partial charge in [0.25, 0.3) is 0 Å². The van der Waals surface area contributed by atoms with Crippen molar-refractivity contribution in [1.82, 2.24) is 14.8 Å². The number of halogens is 2. The summed E-state index contributed by atoms with van der Waals surface area (Å²) in [6.45, 7) is 0.484. The third-order valence-corrected chi connectivity index (χ3v) is 5.92. The number of carbonyl (C=O) groups is 2. The second-order valence-electron chi connectivity index (χ2n) is 7.61. The topological polar surface area (TPSA) is 113 Å². The predicted molar refractivity (Wildman–Crippen MR) is 120 cm³/mol. The molecule has 8 nitrogen and oxygen atoms in total. The highest BCUT2D eigenvalue weighted by Crippen LogP contribution is 2.28. The number of anilines is 1. The SMILES string of the molecule is NC(=O)n1cc(NC(O)N2CCC[C@H]2C(=O)NCc2cccc(Cl)c2F)c2ccccc21. The normalized spacial score (nSPS) is 17.4. The predicted octanol–water partition coefficient (Wildman–Crippen LogP) is 2.83. The number of likely N-dealkylation sites (tertiary alicyclic amines) is 1. The number of nitrogens with two attached hydrogens (primary N) is 1. The van der Waals surface area contributed by atoms with Crippen LogP contribution in [0.4, 0.5) is 14.9 Å². The number of para-hydroxylation sites is 1. The summed E-state index contributed by atoms with van der Waals surface area (Å²) in [5, 5.41) is 17.2. The van der Waals surface area contributed by atoms with Gasteiger partial charge >= 0.3 is 6.03 Å². The van der Waals surface area contributed by atoms with Gasteiger partial charge in [0.1, 0.15) is 5.82 Å². The maximum Gasteiger partial charge on any atom is 0.323 e. The number of aromatic nitrogens is 1. The minimum Gasteiger partial charge on any atom is -0.361 e. The van der Waals surface area contributed by atoms with Gasteiger partial charge in [-0.3, -0.25) is 9.36 Å². The van der Waals surface area contributed by atoms with Crippen molar-refractivity contribution in [2.45, 2.75) is 31.8 Å². The van der Waals surface area contributed by atoms with Crippen molar-refractivity contribution >= 4 is 40.1 Å². The van der Waals surface area contributed by atoms with Gasteiger partial charge < -0.3 is 21.5 Å². The molecule has 2 aromatic carbocycles. The third-order valence-electron chi connectivity index (χ3n) is 5.63. The lowest BCUT2D eigenvalue weighted by Gasteiger charge is -2.29. The van der Waals surface area contributed by atoms with Crippen LogP contribution in [0.3, 0.4) is 0 Å². The van der Waals surface area contributed by atoms with E-state index in [9.17, 15) is 19.1 Å². The van der Waals surface area contributed by atoms with E-state index >= 15 is 0 Å². The van der Waals surface area contributed by atoms with Crippen LogP contribution in [0, 0.1) is 5.82 Å². The number of benzene rings is 2. The molecule has 0 radical (unpaired) electrons. The van der Waals surface area contributed by atoms with E-state index < -0.39 is 24.2 Å². The number of rotatable bonds is 6. The molecule has 1 aliphatic rings. The van der Waals surface area contributed by atoms with Crippen LogP contribution in [0.5, 0.6) is 0 Å². The smallest absolute Gasteiger partial charge is 0.323 e. The molecule has 32 heavy (non-hydrogen) atoms. The van der Waals surface area contributed by atoms with Crippen LogP contribution in [-0.4, -0.2) is 45.5 Å². The van der Waals surface area contributed by atoms with Crippen LogP contribution in [0.2, 0.25) is 5.02 Å². The van der Waals surface area contributed by atoms with Crippen LogP contribution in [-0.2, 0) is 11.3 Å². The summed E-state index contributed by atoms with van der Waals surface area (Å²) >= 11 is 5.79. The van der Waals surface area contributed by atoms with Crippen molar-refractivity contribution in [3.63, 3.8) is 0 Å². The van der Waals surface area contributed by atoms with Crippen molar-refractivity contribution in [2.24, 2.45) is 5.73 Å². The average molecular weight is 460 g/mol. The summed E-state index contributed by atoms with van der Waals surface area (Å²) in [6.07, 6.45) is 1.60. The highest BCUT2D eigenvalue weighted by Gasteiger charge is 2.35. The number of amides is 2. The highest BCUT2D eigenvalue weighted by atomic mass is 35.5. The Hall–Kier alpha value is -3.14. The lowest BCUT2D eigenvalue weighted by molar-refractivity contribution is -0.128. The van der Waals surface area contributed by atoms with E-state index in [4.69, 9.17) is 17.3 Å². The molecule has 0 aliphatic carbocycles. The Morgan fingerprint density at radius 1 is 1.25 bits per heavy atom. The molecular formula is C22H23ClFN5O3. The molecule has 2 amide bonds. The fourth-order valence-electron chi connectivity index (χ4n) is 4.05. The summed E-state index contributed by atoms with van der Waals surface area (Å²) < 4.78 is 15.4. The number of hydrogen-bond donors (Lipinski definition) is 4. The molecule has 2 heterocycles. The molecule has 168 valence electrons. The van der Waals surface area contributed by atoms with Gasteiger partial charge in [-0.1, -0.05) is 41.9 Å². The number of fused-ring (bicyclic) bond motifs is 1. The van der Waals surface area contributed by atoms with Crippen LogP contribution >= 0.6 is 11.6 Å². The maximum atomic E-state index is 14.1. The number of carbonyl (C=O) groups excluding carboxylic acids is 2. The molecule has 1 aliphatic heterocycles. The molecule has 1 fully saturated rings. The maximum absolute atomic E-state index is 14.1. The third kappa shape index (κ3) is 4.27. The van der Waals surface area contributed by atoms with Gasteiger partial charge in [0, 0.05) is 30.2 Å². The quantitative estimate of drug-likeness (QED) is 0.423. The van der Waals surface area contributed by atoms with Crippen LogP contribution in [0.1, 0.15) is 18.4 Å². The average Bonchev–Trinajstić information content (AvgIpc) is 3.40. The van der Waals surface area contributed by atoms with Crippen LogP contribution in [0.15, 0.2) is 48.7 Å². The fraction of sp³-hybridized carbons (Fsp3) is 0.273. The zero-order valence-electron chi connectivity index (χ0n) is 17.1. The fourth-order valence-corrected chi connectivity index (χ4v) is 4.24. The molecule has 1 aromatic heterocycles. The summed E-state index contributed by atoms with van der Waals surface area (Å²) in [4.78, 5) is 26.1. The molecule has 0 saturated carbocycles. The molecule has 0 bridgehead atoms. The van der Waals surface area contributed by atoms with E-state index in [1.165, 1.54) is 16.8 Å². The molecular weight excluding hydrogens is 437 g/mol. The zero-order valence-corrected chi connectivity index (χ0v) is 17.8. The van der Waals surface area contributed by atoms with Crippen molar-refractivity contribution in [1.29, 1.82) is 0 Å². The van der Waals surface area contributed by atoms with E-state index in [-0.39, 0.29) is 23.0 Å². The van der Waals surface area contributed by atoms with Crippen LogP contribution in [0.25, 0.3) is 10.9 Å². The van der Waals surface area contributed by atoms with E-state index in [0.29, 0.717) is 36.0 Å². The standard InChI is InChI=1S/C22H23ClFN5O3/c23-15-7-3-5-13(19(15)24)11-26-20(30)18-9-4-10-28(18)22(32)27-16-12-29(21(25)31)17-8-2-1-6-14(16)17/h1-3,5-8,12,18,22,27,32H,4,9-11H2,(H2,25,31)(H,26,30)/t18-,22?/m0/s1. The van der Waals surface area contributed by atoms with Gasteiger partial charge in [-0.05, 0) is 25.0 Å². The van der Waals surface area contributed by atoms with Gasteiger partial charge in [-0.25, -0.2) is 14.1 Å². The largest absolute Gasteiger partial charge is 0.361 e. The van der Waals surface area contributed by atoms with E-state index in [2.05, 4.69) is 10.6 Å². The first-order valence-corrected chi connectivity index (χ1v) is 10.6. The molecule has 1 saturated heterocycles. The number of primary amides is 1. The molecule has 4 rings (SSSR count). The van der Waals surface area contributed by atoms with E-state index in [1.807, 2.05) is 6.07 Å². The number of hydrogen-bond acceptors (Lipinski definition) is 5. The van der Waals surface area contributed by atoms with Crippen molar-refractivity contribution < 1.29 is 19.1 Å². The van der Waals surface area contributed by atoms with E-state index in [0.717, 1.165) is 0 Å². The Bertz CT molecular complexity index is 1170. The number of aliphatic hydroxyl groups excluding tert-OH is 1. The highest BCUT2D eigenvalue weighted by molar-refractivity contribution is 6.30. The molecule has 3 aromatic rings. The van der Waals surface area contributed by atoms with E-state index in [1.54, 1.807) is 35.2 Å². The van der Waals surface area contributed by atoms with Gasteiger partial charge in [0.2, 0.25) is 5.91 Å². The Morgan fingerprint density at radius 3 is 2.81 bits per heavy atom. The molecule has 5 N–H and O–H groups in total. The Kier molecular flexibility index (Phi) is 6.31. The van der Waals surface area contributed by atoms with Crippen LogP contribution < -0.4 is 16.4 Å². The summed E-state index contributed by atoms with van der Waals surface area (Å²) in [5.74, 6) is -0.882. The van der Waals surface area contributed by atoms with Gasteiger partial charge in [-0.2, -0.15) is 0 Å². The number of nitrogens with zero attached hydrogens (tertiary/aromatic N) is 2. The molecule has 0 spiro atoms. The lowest BCUT2D eigenvalue weighted by Crippen LogP contribution is -2.50. The van der Waals surface area contributed by atoms with Gasteiger partial charge in [0.05, 0.1) is 22.3 Å². The number of nitrogens with one attached hydrogen (secondary N) is 2. The first-order chi connectivity index (χ1) is 15.4. The van der Waals surface area contributed by atoms with Crippen molar-refractivity contribution in [3.05, 3.63) is 65.1 Å². The van der Waals surface area contributed by atoms with Crippen molar-refractivity contribution in [2.75, 3.05) is 11.9 Å². The van der Waals surface area contributed by atoms with Crippen molar-refractivity contribution in [3.8, 4) is 0 Å². The summed E-state index contributed by atoms with van der Waals surface area (Å²) in [5.41, 5.74) is 6.85. The Labute approximate surface area is 188 Å². The minimum atomic E-state index is -1.18. The van der Waals surface area contributed by atoms with Gasteiger partial charge in [0.15, 0.2) is 6.35 Å². The first-order valence-electron chi connectivity index (χ1n) is 10.2. The monoisotopic (exact) mass is 459 g/mol. The molecule has 1 unspecified atom stereocenters. The minimum absolute atomic E-state index is 0.00557. The molecule has 10 heteroatoms. The lowest BCUT2D eigenvalue weighted by atomic mass is 10.1. The van der Waals surface area contributed by atoms with Gasteiger partial charge in [-0.15, -0.1) is 0 Å². The second kappa shape index (κ2) is 9.15. The zero-order chi connectivity index (χ0) is 22.8. The molecule has 2 atom stereocenters. The second-order valence-corrected chi connectivity index (χ2v) is 8.02. The first kappa shape index (κ1) is 22.1. The number of aliphatic hydroxyl groups is 1. The Balaban J connectivity index is 1.46. The Morgan fingerprint density at radius 2 is 2.03 bits per heavy atom.